The summed E-state index contributed by atoms with van der Waals surface area (Å²) in [5.41, 5.74) is 7.70. The van der Waals surface area contributed by atoms with E-state index in [0.717, 1.165) is 11.3 Å². The smallest absolute Gasteiger partial charge is 0.252 e. The summed E-state index contributed by atoms with van der Waals surface area (Å²) < 4.78 is 0. The van der Waals surface area contributed by atoms with E-state index in [4.69, 9.17) is 5.73 Å². The third kappa shape index (κ3) is 2.13. The van der Waals surface area contributed by atoms with Crippen LogP contribution in [0, 0.1) is 6.92 Å². The molecule has 88 valence electrons. The molecule has 0 saturated carbocycles. The molecule has 5 heteroatoms. The zero-order valence-electron chi connectivity index (χ0n) is 9.40. The molecule has 0 atom stereocenters. The van der Waals surface area contributed by atoms with Crippen LogP contribution in [0.4, 0.5) is 0 Å². The third-order valence-electron chi connectivity index (χ3n) is 2.70. The summed E-state index contributed by atoms with van der Waals surface area (Å²) in [6.45, 7) is 1.87. The molecule has 0 aliphatic heterocycles. The standard InChI is InChI=1S/C12H13N3O2/c1-7-2-3-9(12(13)17)11(16)10(7)4-8-5-14-6-15-8/h2-3,5-6,16H,4H2,1H3,(H2,13,17)(H,14,15). The zero-order chi connectivity index (χ0) is 12.4. The molecule has 2 rings (SSSR count). The van der Waals surface area contributed by atoms with Crippen molar-refractivity contribution < 1.29 is 9.90 Å². The monoisotopic (exact) mass is 231 g/mol. The Morgan fingerprint density at radius 2 is 2.29 bits per heavy atom. The molecule has 0 bridgehead atoms. The van der Waals surface area contributed by atoms with Crippen molar-refractivity contribution in [2.24, 2.45) is 5.73 Å². The minimum atomic E-state index is -0.634. The Morgan fingerprint density at radius 1 is 1.53 bits per heavy atom. The first-order valence-corrected chi connectivity index (χ1v) is 5.18. The Bertz CT molecular complexity index is 547. The van der Waals surface area contributed by atoms with E-state index in [0.29, 0.717) is 12.0 Å². The Balaban J connectivity index is 2.45. The van der Waals surface area contributed by atoms with Gasteiger partial charge in [-0.2, -0.15) is 0 Å². The van der Waals surface area contributed by atoms with E-state index < -0.39 is 5.91 Å². The number of nitrogens with one attached hydrogen (secondary N) is 1. The number of nitrogens with zero attached hydrogens (tertiary/aromatic N) is 1. The van der Waals surface area contributed by atoms with Crippen LogP contribution in [-0.4, -0.2) is 21.0 Å². The average Bonchev–Trinajstić information content (AvgIpc) is 2.76. The van der Waals surface area contributed by atoms with Crippen LogP contribution in [-0.2, 0) is 6.42 Å². The lowest BCUT2D eigenvalue weighted by Crippen LogP contribution is -2.12. The van der Waals surface area contributed by atoms with Gasteiger partial charge >= 0.3 is 0 Å². The Labute approximate surface area is 98.3 Å². The molecular weight excluding hydrogens is 218 g/mol. The van der Waals surface area contributed by atoms with Crippen LogP contribution in [0.5, 0.6) is 5.75 Å². The number of aromatic hydroxyl groups is 1. The van der Waals surface area contributed by atoms with Crippen LogP contribution >= 0.6 is 0 Å². The van der Waals surface area contributed by atoms with E-state index in [1.54, 1.807) is 18.6 Å². The van der Waals surface area contributed by atoms with E-state index in [1.807, 2.05) is 6.92 Å². The first-order chi connectivity index (χ1) is 8.09. The second kappa shape index (κ2) is 4.29. The molecule has 1 aromatic carbocycles. The van der Waals surface area contributed by atoms with Crippen molar-refractivity contribution in [3.63, 3.8) is 0 Å². The van der Waals surface area contributed by atoms with Crippen molar-refractivity contribution in [1.29, 1.82) is 0 Å². The molecule has 1 heterocycles. The number of carbonyl (C=O) groups excluding carboxylic acids is 1. The molecule has 17 heavy (non-hydrogen) atoms. The number of amides is 1. The highest BCUT2D eigenvalue weighted by molar-refractivity contribution is 5.96. The van der Waals surface area contributed by atoms with Crippen molar-refractivity contribution >= 4 is 5.91 Å². The average molecular weight is 231 g/mol. The van der Waals surface area contributed by atoms with Crippen molar-refractivity contribution in [2.45, 2.75) is 13.3 Å². The first kappa shape index (κ1) is 11.2. The normalized spacial score (nSPS) is 10.4. The van der Waals surface area contributed by atoms with E-state index >= 15 is 0 Å². The number of benzene rings is 1. The first-order valence-electron chi connectivity index (χ1n) is 5.18. The Hall–Kier alpha value is -2.30. The largest absolute Gasteiger partial charge is 0.507 e. The molecule has 5 nitrogen and oxygen atoms in total. The number of nitrogens with two attached hydrogens (primary N) is 1. The summed E-state index contributed by atoms with van der Waals surface area (Å²) in [7, 11) is 0. The molecule has 0 radical (unpaired) electrons. The predicted octanol–water partition coefficient (Wildman–Crippen LogP) is 1.11. The number of aromatic amines is 1. The number of aryl methyl sites for hydroxylation is 1. The van der Waals surface area contributed by atoms with Crippen molar-refractivity contribution in [2.75, 3.05) is 0 Å². The fraction of sp³-hybridized carbons (Fsp3) is 0.167. The highest BCUT2D eigenvalue weighted by Crippen LogP contribution is 2.27. The molecule has 0 fully saturated rings. The molecule has 1 amide bonds. The molecule has 0 unspecified atom stereocenters. The fourth-order valence-electron chi connectivity index (χ4n) is 1.73. The summed E-state index contributed by atoms with van der Waals surface area (Å²) in [6.07, 6.45) is 3.78. The summed E-state index contributed by atoms with van der Waals surface area (Å²) in [5.74, 6) is -0.689. The molecule has 4 N–H and O–H groups in total. The number of rotatable bonds is 3. The number of hydrogen-bond acceptors (Lipinski definition) is 3. The van der Waals surface area contributed by atoms with Gasteiger partial charge in [-0.05, 0) is 18.6 Å². The van der Waals surface area contributed by atoms with Gasteiger partial charge in [0.15, 0.2) is 0 Å². The van der Waals surface area contributed by atoms with Gasteiger partial charge in [-0.3, -0.25) is 4.79 Å². The van der Waals surface area contributed by atoms with Crippen LogP contribution in [0.25, 0.3) is 0 Å². The lowest BCUT2D eigenvalue weighted by atomic mass is 9.99. The maximum atomic E-state index is 11.1. The van der Waals surface area contributed by atoms with Gasteiger partial charge in [0.1, 0.15) is 5.75 Å². The minimum absolute atomic E-state index is 0.0551. The van der Waals surface area contributed by atoms with Gasteiger partial charge in [0.05, 0.1) is 17.6 Å². The zero-order valence-corrected chi connectivity index (χ0v) is 9.40. The van der Waals surface area contributed by atoms with Gasteiger partial charge in [0.25, 0.3) is 5.91 Å². The maximum absolute atomic E-state index is 11.1. The second-order valence-corrected chi connectivity index (χ2v) is 3.86. The summed E-state index contributed by atoms with van der Waals surface area (Å²) in [5, 5.41) is 10.0. The molecule has 0 saturated heterocycles. The van der Waals surface area contributed by atoms with Crippen LogP contribution in [0.15, 0.2) is 24.7 Å². The van der Waals surface area contributed by atoms with Gasteiger partial charge in [0.2, 0.25) is 0 Å². The van der Waals surface area contributed by atoms with E-state index in [2.05, 4.69) is 9.97 Å². The number of phenols is 1. The lowest BCUT2D eigenvalue weighted by molar-refractivity contribution is 0.0997. The molecule has 0 aliphatic rings. The summed E-state index contributed by atoms with van der Waals surface area (Å²) >= 11 is 0. The Kier molecular flexibility index (Phi) is 2.82. The Morgan fingerprint density at radius 3 is 2.88 bits per heavy atom. The number of carbonyl (C=O) groups is 1. The SMILES string of the molecule is Cc1ccc(C(N)=O)c(O)c1Cc1c[nH]cn1. The maximum Gasteiger partial charge on any atom is 0.252 e. The lowest BCUT2D eigenvalue weighted by Gasteiger charge is -2.09. The number of primary amides is 1. The summed E-state index contributed by atoms with van der Waals surface area (Å²) in [4.78, 5) is 18.1. The van der Waals surface area contributed by atoms with Gasteiger partial charge in [-0.25, -0.2) is 4.98 Å². The quantitative estimate of drug-likeness (QED) is 0.738. The van der Waals surface area contributed by atoms with Crippen molar-refractivity contribution in [1.82, 2.24) is 9.97 Å². The van der Waals surface area contributed by atoms with Crippen molar-refractivity contribution in [3.8, 4) is 5.75 Å². The number of imidazole rings is 1. The topological polar surface area (TPSA) is 92.0 Å². The molecule has 0 spiro atoms. The fourth-order valence-corrected chi connectivity index (χ4v) is 1.73. The predicted molar refractivity (Wildman–Crippen MR) is 62.8 cm³/mol. The highest BCUT2D eigenvalue weighted by atomic mass is 16.3. The van der Waals surface area contributed by atoms with Gasteiger partial charge in [0, 0.05) is 18.2 Å². The highest BCUT2D eigenvalue weighted by Gasteiger charge is 2.14. The van der Waals surface area contributed by atoms with Crippen LogP contribution in [0.1, 0.15) is 27.2 Å². The van der Waals surface area contributed by atoms with Crippen molar-refractivity contribution in [3.05, 3.63) is 47.0 Å². The van der Waals surface area contributed by atoms with Crippen LogP contribution in [0.3, 0.4) is 0 Å². The van der Waals surface area contributed by atoms with Crippen LogP contribution in [0.2, 0.25) is 0 Å². The molecule has 2 aromatic rings. The minimum Gasteiger partial charge on any atom is -0.507 e. The number of H-pyrrole nitrogens is 1. The number of hydrogen-bond donors (Lipinski definition) is 3. The van der Waals surface area contributed by atoms with E-state index in [9.17, 15) is 9.90 Å². The van der Waals surface area contributed by atoms with E-state index in [-0.39, 0.29) is 11.3 Å². The van der Waals surface area contributed by atoms with Gasteiger partial charge in [-0.15, -0.1) is 0 Å². The third-order valence-corrected chi connectivity index (χ3v) is 2.70. The van der Waals surface area contributed by atoms with Gasteiger partial charge in [-0.1, -0.05) is 6.07 Å². The second-order valence-electron chi connectivity index (χ2n) is 3.86. The number of aromatic nitrogens is 2. The van der Waals surface area contributed by atoms with Crippen LogP contribution < -0.4 is 5.73 Å². The molecule has 1 aromatic heterocycles. The van der Waals surface area contributed by atoms with E-state index in [1.165, 1.54) is 6.07 Å². The molecule has 0 aliphatic carbocycles. The van der Waals surface area contributed by atoms with Gasteiger partial charge < -0.3 is 15.8 Å². The summed E-state index contributed by atoms with van der Waals surface area (Å²) in [6, 6.07) is 3.29. The molecular formula is C12H13N3O2.